The summed E-state index contributed by atoms with van der Waals surface area (Å²) in [5.74, 6) is 0.141. The van der Waals surface area contributed by atoms with Crippen molar-refractivity contribution >= 4 is 5.91 Å². The second kappa shape index (κ2) is 5.81. The van der Waals surface area contributed by atoms with Gasteiger partial charge in [0, 0.05) is 37.4 Å². The van der Waals surface area contributed by atoms with E-state index in [1.165, 1.54) is 5.56 Å². The number of likely N-dealkylation sites (tertiary alicyclic amines) is 2. The van der Waals surface area contributed by atoms with Gasteiger partial charge in [-0.05, 0) is 18.4 Å². The van der Waals surface area contributed by atoms with Crippen molar-refractivity contribution in [3.05, 3.63) is 53.3 Å². The molecule has 2 fully saturated rings. The van der Waals surface area contributed by atoms with E-state index in [9.17, 15) is 4.79 Å². The molecule has 2 aliphatic heterocycles. The fraction of sp³-hybridized carbons (Fsp3) is 0.444. The second-order valence-electron chi connectivity index (χ2n) is 6.53. The molecule has 5 heteroatoms. The predicted octanol–water partition coefficient (Wildman–Crippen LogP) is 2.07. The van der Waals surface area contributed by atoms with E-state index in [-0.39, 0.29) is 5.91 Å². The van der Waals surface area contributed by atoms with Gasteiger partial charge in [0.25, 0.3) is 5.91 Å². The van der Waals surface area contributed by atoms with E-state index in [0.717, 1.165) is 43.7 Å². The summed E-state index contributed by atoms with van der Waals surface area (Å²) in [5.41, 5.74) is 3.04. The van der Waals surface area contributed by atoms with Crippen molar-refractivity contribution < 1.29 is 4.79 Å². The van der Waals surface area contributed by atoms with E-state index >= 15 is 0 Å². The number of aryl methyl sites for hydroxylation is 1. The molecule has 1 aromatic carbocycles. The van der Waals surface area contributed by atoms with Crippen LogP contribution in [0.1, 0.15) is 35.0 Å². The number of rotatable bonds is 4. The number of aromatic nitrogens is 2. The van der Waals surface area contributed by atoms with Crippen molar-refractivity contribution in [1.29, 1.82) is 0 Å². The summed E-state index contributed by atoms with van der Waals surface area (Å²) in [6.07, 6.45) is 3.58. The monoisotopic (exact) mass is 310 g/mol. The number of hydrogen-bond acceptors (Lipinski definition) is 3. The summed E-state index contributed by atoms with van der Waals surface area (Å²) in [6.45, 7) is 4.84. The smallest absolute Gasteiger partial charge is 0.257 e. The van der Waals surface area contributed by atoms with Crippen molar-refractivity contribution in [1.82, 2.24) is 20.0 Å². The Morgan fingerprint density at radius 3 is 2.78 bits per heavy atom. The van der Waals surface area contributed by atoms with Gasteiger partial charge in [-0.15, -0.1) is 0 Å². The Bertz CT molecular complexity index is 696. The van der Waals surface area contributed by atoms with Gasteiger partial charge in [0.05, 0.1) is 11.8 Å². The molecule has 1 amide bonds. The third-order valence-corrected chi connectivity index (χ3v) is 5.15. The number of nitrogens with one attached hydrogen (secondary N) is 1. The van der Waals surface area contributed by atoms with Gasteiger partial charge in [0.1, 0.15) is 0 Å². The van der Waals surface area contributed by atoms with Gasteiger partial charge in [-0.25, -0.2) is 0 Å². The Hall–Kier alpha value is -2.14. The molecule has 2 aromatic rings. The number of aromatic amines is 1. The van der Waals surface area contributed by atoms with Crippen molar-refractivity contribution in [3.8, 4) is 0 Å². The van der Waals surface area contributed by atoms with Crippen molar-refractivity contribution in [2.24, 2.45) is 0 Å². The molecular formula is C18H22N4O. The minimum absolute atomic E-state index is 0.141. The lowest BCUT2D eigenvalue weighted by Crippen LogP contribution is -2.48. The fourth-order valence-corrected chi connectivity index (χ4v) is 3.93. The maximum absolute atomic E-state index is 12.8. The Morgan fingerprint density at radius 2 is 2.09 bits per heavy atom. The Labute approximate surface area is 136 Å². The van der Waals surface area contributed by atoms with Crippen molar-refractivity contribution in [2.75, 3.05) is 13.1 Å². The van der Waals surface area contributed by atoms with Gasteiger partial charge < -0.3 is 4.90 Å². The van der Waals surface area contributed by atoms with Crippen LogP contribution in [0.4, 0.5) is 0 Å². The molecule has 0 unspecified atom stereocenters. The van der Waals surface area contributed by atoms with E-state index in [1.54, 1.807) is 6.20 Å². The number of fused-ring (bicyclic) bond motifs is 2. The van der Waals surface area contributed by atoms with E-state index in [2.05, 4.69) is 50.3 Å². The summed E-state index contributed by atoms with van der Waals surface area (Å²) in [7, 11) is 0. The molecule has 0 saturated carbocycles. The summed E-state index contributed by atoms with van der Waals surface area (Å²) in [5, 5.41) is 6.97. The third kappa shape index (κ3) is 2.55. The van der Waals surface area contributed by atoms with Gasteiger partial charge in [0.2, 0.25) is 0 Å². The summed E-state index contributed by atoms with van der Waals surface area (Å²) >= 11 is 0. The second-order valence-corrected chi connectivity index (χ2v) is 6.53. The highest BCUT2D eigenvalue weighted by atomic mass is 16.2. The van der Waals surface area contributed by atoms with Crippen LogP contribution in [0.3, 0.4) is 0 Å². The zero-order valence-corrected chi connectivity index (χ0v) is 13.4. The van der Waals surface area contributed by atoms with E-state index in [4.69, 9.17) is 0 Å². The number of carbonyl (C=O) groups excluding carboxylic acids is 1. The molecule has 0 aliphatic carbocycles. The average molecular weight is 310 g/mol. The van der Waals surface area contributed by atoms with Crippen molar-refractivity contribution in [3.63, 3.8) is 0 Å². The zero-order chi connectivity index (χ0) is 15.8. The Kier molecular flexibility index (Phi) is 3.65. The number of H-pyrrole nitrogens is 1. The van der Waals surface area contributed by atoms with Gasteiger partial charge in [-0.1, -0.05) is 37.3 Å². The largest absolute Gasteiger partial charge is 0.333 e. The number of nitrogens with zero attached hydrogens (tertiary/aromatic N) is 3. The number of benzene rings is 1. The molecule has 2 atom stereocenters. The first-order valence-corrected chi connectivity index (χ1v) is 8.37. The molecule has 120 valence electrons. The van der Waals surface area contributed by atoms with Gasteiger partial charge in [-0.2, -0.15) is 5.10 Å². The van der Waals surface area contributed by atoms with Crippen LogP contribution in [0.25, 0.3) is 0 Å². The number of carbonyl (C=O) groups is 1. The summed E-state index contributed by atoms with van der Waals surface area (Å²) in [6, 6.07) is 11.4. The van der Waals surface area contributed by atoms with Gasteiger partial charge >= 0.3 is 0 Å². The highest BCUT2D eigenvalue weighted by Crippen LogP contribution is 2.33. The maximum atomic E-state index is 12.8. The highest BCUT2D eigenvalue weighted by Gasteiger charge is 2.45. The lowest BCUT2D eigenvalue weighted by atomic mass is 10.1. The molecule has 1 aromatic heterocycles. The highest BCUT2D eigenvalue weighted by molar-refractivity contribution is 5.95. The SMILES string of the molecule is CCc1[nH]ncc1C(=O)N1C[C@@H]2C[C@H]1CN2Cc1ccccc1. The first-order chi connectivity index (χ1) is 11.3. The molecule has 2 aliphatic rings. The molecule has 2 bridgehead atoms. The fourth-order valence-electron chi connectivity index (χ4n) is 3.93. The van der Waals surface area contributed by atoms with E-state index < -0.39 is 0 Å². The van der Waals surface area contributed by atoms with Crippen LogP contribution in [-0.2, 0) is 13.0 Å². The molecular weight excluding hydrogens is 288 g/mol. The number of hydrogen-bond donors (Lipinski definition) is 1. The Balaban J connectivity index is 1.44. The minimum atomic E-state index is 0.141. The molecule has 5 nitrogen and oxygen atoms in total. The number of amides is 1. The molecule has 23 heavy (non-hydrogen) atoms. The van der Waals surface area contributed by atoms with E-state index in [0.29, 0.717) is 12.1 Å². The van der Waals surface area contributed by atoms with Crippen LogP contribution in [0.15, 0.2) is 36.5 Å². The maximum Gasteiger partial charge on any atom is 0.257 e. The topological polar surface area (TPSA) is 52.2 Å². The number of piperazine rings is 1. The lowest BCUT2D eigenvalue weighted by Gasteiger charge is -2.34. The van der Waals surface area contributed by atoms with Crippen LogP contribution in [0, 0.1) is 0 Å². The first kappa shape index (κ1) is 14.5. The summed E-state index contributed by atoms with van der Waals surface area (Å²) in [4.78, 5) is 17.4. The summed E-state index contributed by atoms with van der Waals surface area (Å²) < 4.78 is 0. The van der Waals surface area contributed by atoms with Gasteiger partial charge in [0.15, 0.2) is 0 Å². The quantitative estimate of drug-likeness (QED) is 0.940. The molecule has 0 spiro atoms. The van der Waals surface area contributed by atoms with Crippen LogP contribution < -0.4 is 0 Å². The molecule has 4 rings (SSSR count). The predicted molar refractivity (Wildman–Crippen MR) is 88.0 cm³/mol. The first-order valence-electron chi connectivity index (χ1n) is 8.37. The molecule has 2 saturated heterocycles. The molecule has 3 heterocycles. The van der Waals surface area contributed by atoms with Crippen LogP contribution in [-0.4, -0.2) is 51.1 Å². The van der Waals surface area contributed by atoms with Crippen LogP contribution in [0.2, 0.25) is 0 Å². The molecule has 0 radical (unpaired) electrons. The standard InChI is InChI=1S/C18H22N4O/c1-2-17-16(9-19-20-17)18(23)22-12-14-8-15(22)11-21(14)10-13-6-4-3-5-7-13/h3-7,9,14-15H,2,8,10-12H2,1H3,(H,19,20)/t14-,15-/m0/s1. The normalized spacial score (nSPS) is 23.6. The van der Waals surface area contributed by atoms with Crippen LogP contribution in [0.5, 0.6) is 0 Å². The third-order valence-electron chi connectivity index (χ3n) is 5.15. The van der Waals surface area contributed by atoms with E-state index in [1.807, 2.05) is 6.92 Å². The van der Waals surface area contributed by atoms with Gasteiger partial charge in [-0.3, -0.25) is 14.8 Å². The minimum Gasteiger partial charge on any atom is -0.333 e. The zero-order valence-electron chi connectivity index (χ0n) is 13.4. The van der Waals surface area contributed by atoms with Crippen molar-refractivity contribution in [2.45, 2.75) is 38.4 Å². The molecule has 1 N–H and O–H groups in total. The van der Waals surface area contributed by atoms with Crippen LogP contribution >= 0.6 is 0 Å². The Morgan fingerprint density at radius 1 is 1.26 bits per heavy atom. The lowest BCUT2D eigenvalue weighted by molar-refractivity contribution is 0.0615. The average Bonchev–Trinajstić information content (AvgIpc) is 3.30.